The molecule has 2 nitrogen and oxygen atoms in total. The summed E-state index contributed by atoms with van der Waals surface area (Å²) in [7, 11) is 0. The van der Waals surface area contributed by atoms with Crippen molar-refractivity contribution in [3.63, 3.8) is 0 Å². The van der Waals surface area contributed by atoms with Crippen molar-refractivity contribution < 1.29 is 4.79 Å². The van der Waals surface area contributed by atoms with E-state index in [0.717, 1.165) is 10.6 Å². The number of amides is 1. The molecule has 1 N–H and O–H groups in total. The summed E-state index contributed by atoms with van der Waals surface area (Å²) in [5.41, 5.74) is 2.08. The highest BCUT2D eigenvalue weighted by Crippen LogP contribution is 2.25. The van der Waals surface area contributed by atoms with Gasteiger partial charge in [0.05, 0.1) is 5.69 Å². The van der Waals surface area contributed by atoms with Crippen LogP contribution in [0.4, 0.5) is 5.69 Å². The number of benzene rings is 1. The maximum Gasteiger partial charge on any atom is 0.211 e. The number of thioether (sulfide) groups is 1. The average molecular weight is 181 g/mol. The zero-order valence-electron chi connectivity index (χ0n) is 7.13. The molecular weight excluding hydrogens is 170 g/mol. The first-order valence-electron chi connectivity index (χ1n) is 3.62. The van der Waals surface area contributed by atoms with Gasteiger partial charge in [-0.2, -0.15) is 0 Å². The SMILES string of the molecule is CSc1cc(C)ccc1NC=O. The Morgan fingerprint density at radius 2 is 2.25 bits per heavy atom. The standard InChI is InChI=1S/C9H11NOS/c1-7-3-4-8(10-6-11)9(5-7)12-2/h3-6H,1-2H3,(H,10,11). The van der Waals surface area contributed by atoms with Crippen LogP contribution in [-0.2, 0) is 4.79 Å². The van der Waals surface area contributed by atoms with E-state index in [-0.39, 0.29) is 0 Å². The van der Waals surface area contributed by atoms with Crippen LogP contribution in [0.2, 0.25) is 0 Å². The Labute approximate surface area is 76.4 Å². The smallest absolute Gasteiger partial charge is 0.211 e. The second-order valence-corrected chi connectivity index (χ2v) is 3.31. The number of hydrogen-bond donors (Lipinski definition) is 1. The van der Waals surface area contributed by atoms with E-state index in [9.17, 15) is 4.79 Å². The predicted molar refractivity (Wildman–Crippen MR) is 52.6 cm³/mol. The molecule has 1 amide bonds. The summed E-state index contributed by atoms with van der Waals surface area (Å²) in [5, 5.41) is 2.65. The lowest BCUT2D eigenvalue weighted by molar-refractivity contribution is -0.105. The second kappa shape index (κ2) is 4.16. The fourth-order valence-electron chi connectivity index (χ4n) is 0.981. The van der Waals surface area contributed by atoms with Crippen molar-refractivity contribution in [1.82, 2.24) is 0 Å². The summed E-state index contributed by atoms with van der Waals surface area (Å²) in [6.07, 6.45) is 2.69. The quantitative estimate of drug-likeness (QED) is 0.572. The van der Waals surface area contributed by atoms with Gasteiger partial charge in [-0.15, -0.1) is 11.8 Å². The van der Waals surface area contributed by atoms with Crippen LogP contribution in [0.15, 0.2) is 23.1 Å². The molecule has 0 atom stereocenters. The molecule has 0 heterocycles. The number of carbonyl (C=O) groups excluding carboxylic acids is 1. The van der Waals surface area contributed by atoms with Gasteiger partial charge in [0.2, 0.25) is 6.41 Å². The van der Waals surface area contributed by atoms with E-state index >= 15 is 0 Å². The summed E-state index contributed by atoms with van der Waals surface area (Å²) >= 11 is 1.63. The zero-order chi connectivity index (χ0) is 8.97. The van der Waals surface area contributed by atoms with Gasteiger partial charge in [-0.05, 0) is 30.9 Å². The maximum atomic E-state index is 10.2. The fourth-order valence-corrected chi connectivity index (χ4v) is 1.63. The second-order valence-electron chi connectivity index (χ2n) is 2.47. The van der Waals surface area contributed by atoms with E-state index in [1.807, 2.05) is 25.3 Å². The van der Waals surface area contributed by atoms with Crippen LogP contribution >= 0.6 is 11.8 Å². The van der Waals surface area contributed by atoms with Gasteiger partial charge >= 0.3 is 0 Å². The lowest BCUT2D eigenvalue weighted by atomic mass is 10.2. The van der Waals surface area contributed by atoms with Crippen molar-refractivity contribution in [3.8, 4) is 0 Å². The van der Waals surface area contributed by atoms with E-state index in [2.05, 4.69) is 11.4 Å². The molecule has 1 rings (SSSR count). The van der Waals surface area contributed by atoms with Crippen LogP contribution in [0.5, 0.6) is 0 Å². The molecule has 0 aliphatic rings. The summed E-state index contributed by atoms with van der Waals surface area (Å²) in [4.78, 5) is 11.3. The van der Waals surface area contributed by atoms with Gasteiger partial charge < -0.3 is 5.32 Å². The molecule has 1 aromatic carbocycles. The van der Waals surface area contributed by atoms with Gasteiger partial charge in [-0.3, -0.25) is 4.79 Å². The maximum absolute atomic E-state index is 10.2. The lowest BCUT2D eigenvalue weighted by Crippen LogP contribution is -1.95. The first-order valence-corrected chi connectivity index (χ1v) is 4.85. The third-order valence-electron chi connectivity index (χ3n) is 1.57. The molecule has 0 fully saturated rings. The first-order chi connectivity index (χ1) is 5.77. The molecule has 0 bridgehead atoms. The van der Waals surface area contributed by atoms with Gasteiger partial charge in [0, 0.05) is 4.90 Å². The Morgan fingerprint density at radius 1 is 1.50 bits per heavy atom. The molecule has 0 spiro atoms. The summed E-state index contributed by atoms with van der Waals surface area (Å²) in [6, 6.07) is 5.94. The lowest BCUT2D eigenvalue weighted by Gasteiger charge is -2.05. The monoisotopic (exact) mass is 181 g/mol. The highest BCUT2D eigenvalue weighted by Gasteiger charge is 1.99. The fraction of sp³-hybridized carbons (Fsp3) is 0.222. The number of carbonyl (C=O) groups is 1. The minimum absolute atomic E-state index is 0.699. The molecule has 0 radical (unpaired) electrons. The largest absolute Gasteiger partial charge is 0.328 e. The normalized spacial score (nSPS) is 9.50. The third kappa shape index (κ3) is 2.01. The number of hydrogen-bond acceptors (Lipinski definition) is 2. The third-order valence-corrected chi connectivity index (χ3v) is 2.35. The highest BCUT2D eigenvalue weighted by atomic mass is 32.2. The highest BCUT2D eigenvalue weighted by molar-refractivity contribution is 7.98. The van der Waals surface area contributed by atoms with Crippen molar-refractivity contribution in [2.24, 2.45) is 0 Å². The topological polar surface area (TPSA) is 29.1 Å². The van der Waals surface area contributed by atoms with Crippen molar-refractivity contribution in [2.75, 3.05) is 11.6 Å². The van der Waals surface area contributed by atoms with E-state index in [1.165, 1.54) is 5.56 Å². The molecule has 0 aliphatic heterocycles. The first kappa shape index (κ1) is 9.13. The van der Waals surface area contributed by atoms with Gasteiger partial charge in [-0.25, -0.2) is 0 Å². The summed E-state index contributed by atoms with van der Waals surface area (Å²) in [5.74, 6) is 0. The van der Waals surface area contributed by atoms with E-state index in [0.29, 0.717) is 6.41 Å². The van der Waals surface area contributed by atoms with Crippen LogP contribution in [0, 0.1) is 6.92 Å². The Hall–Kier alpha value is -0.960. The van der Waals surface area contributed by atoms with Crippen LogP contribution < -0.4 is 5.32 Å². The van der Waals surface area contributed by atoms with Gasteiger partial charge in [0.15, 0.2) is 0 Å². The minimum Gasteiger partial charge on any atom is -0.328 e. The van der Waals surface area contributed by atoms with Gasteiger partial charge in [0.1, 0.15) is 0 Å². The zero-order valence-corrected chi connectivity index (χ0v) is 7.94. The molecule has 1 aromatic rings. The molecule has 3 heteroatoms. The van der Waals surface area contributed by atoms with E-state index < -0.39 is 0 Å². The van der Waals surface area contributed by atoms with Crippen LogP contribution in [-0.4, -0.2) is 12.7 Å². The molecular formula is C9H11NOS. The molecule has 0 aliphatic carbocycles. The number of rotatable bonds is 3. The number of nitrogens with one attached hydrogen (secondary N) is 1. The molecule has 0 saturated heterocycles. The van der Waals surface area contributed by atoms with Gasteiger partial charge in [-0.1, -0.05) is 6.07 Å². The molecule has 0 unspecified atom stereocenters. The van der Waals surface area contributed by atoms with Crippen LogP contribution in [0.3, 0.4) is 0 Å². The van der Waals surface area contributed by atoms with Crippen molar-refractivity contribution in [2.45, 2.75) is 11.8 Å². The molecule has 0 aromatic heterocycles. The Balaban J connectivity index is 3.01. The van der Waals surface area contributed by atoms with E-state index in [4.69, 9.17) is 0 Å². The Morgan fingerprint density at radius 3 is 2.83 bits per heavy atom. The van der Waals surface area contributed by atoms with E-state index in [1.54, 1.807) is 11.8 Å². The Kier molecular flexibility index (Phi) is 3.17. The van der Waals surface area contributed by atoms with Crippen molar-refractivity contribution in [1.29, 1.82) is 0 Å². The molecule has 12 heavy (non-hydrogen) atoms. The van der Waals surface area contributed by atoms with Gasteiger partial charge in [0.25, 0.3) is 0 Å². The molecule has 0 saturated carbocycles. The Bertz CT molecular complexity index is 286. The average Bonchev–Trinajstić information content (AvgIpc) is 2.08. The summed E-state index contributed by atoms with van der Waals surface area (Å²) < 4.78 is 0. The predicted octanol–water partition coefficient (Wildman–Crippen LogP) is 2.29. The van der Waals surface area contributed by atoms with Crippen LogP contribution in [0.1, 0.15) is 5.56 Å². The van der Waals surface area contributed by atoms with Crippen molar-refractivity contribution in [3.05, 3.63) is 23.8 Å². The summed E-state index contributed by atoms with van der Waals surface area (Å²) in [6.45, 7) is 2.03. The van der Waals surface area contributed by atoms with Crippen LogP contribution in [0.25, 0.3) is 0 Å². The minimum atomic E-state index is 0.699. The number of aryl methyl sites for hydroxylation is 1. The molecule has 64 valence electrons. The van der Waals surface area contributed by atoms with Crippen molar-refractivity contribution >= 4 is 23.9 Å². The number of anilines is 1.